The van der Waals surface area contributed by atoms with Crippen LogP contribution in [0.15, 0.2) is 59.6 Å². The van der Waals surface area contributed by atoms with Gasteiger partial charge in [-0.2, -0.15) is 0 Å². The molecule has 2 atom stereocenters. The zero-order valence-corrected chi connectivity index (χ0v) is 23.4. The first kappa shape index (κ1) is 27.6. The predicted molar refractivity (Wildman–Crippen MR) is 148 cm³/mol. The number of sulfonamides is 1. The van der Waals surface area contributed by atoms with Crippen LogP contribution in [0.2, 0.25) is 15.1 Å². The van der Waals surface area contributed by atoms with Gasteiger partial charge < -0.3 is 5.32 Å². The van der Waals surface area contributed by atoms with E-state index in [1.807, 2.05) is 0 Å². The number of nitrogens with zero attached hydrogens (tertiary/aromatic N) is 2. The van der Waals surface area contributed by atoms with Gasteiger partial charge in [-0.15, -0.1) is 0 Å². The Labute approximate surface area is 240 Å². The minimum absolute atomic E-state index is 0.0202. The Morgan fingerprint density at radius 1 is 1.05 bits per heavy atom. The van der Waals surface area contributed by atoms with Crippen molar-refractivity contribution in [1.29, 1.82) is 0 Å². The van der Waals surface area contributed by atoms with Crippen molar-refractivity contribution in [3.05, 3.63) is 86.6 Å². The third kappa shape index (κ3) is 5.54. The fraction of sp³-hybridized carbons (Fsp3) is 0.259. The van der Waals surface area contributed by atoms with Crippen LogP contribution in [0.5, 0.6) is 0 Å². The summed E-state index contributed by atoms with van der Waals surface area (Å²) in [5.74, 6) is -1.53. The van der Waals surface area contributed by atoms with Gasteiger partial charge in [0.15, 0.2) is 11.6 Å². The first-order valence-electron chi connectivity index (χ1n) is 12.1. The summed E-state index contributed by atoms with van der Waals surface area (Å²) >= 11 is 18.5. The predicted octanol–water partition coefficient (Wildman–Crippen LogP) is 5.14. The number of ketones is 2. The van der Waals surface area contributed by atoms with E-state index in [-0.39, 0.29) is 79.8 Å². The number of pyridine rings is 1. The van der Waals surface area contributed by atoms with E-state index >= 15 is 0 Å². The summed E-state index contributed by atoms with van der Waals surface area (Å²) in [6.45, 7) is -0.150. The number of anilines is 1. The minimum atomic E-state index is -4.17. The molecule has 2 aliphatic heterocycles. The van der Waals surface area contributed by atoms with E-state index in [9.17, 15) is 22.8 Å². The lowest BCUT2D eigenvalue weighted by Gasteiger charge is -2.34. The van der Waals surface area contributed by atoms with E-state index in [2.05, 4.69) is 10.3 Å². The molecule has 202 valence electrons. The molecule has 2 aromatic carbocycles. The van der Waals surface area contributed by atoms with Gasteiger partial charge in [0, 0.05) is 42.6 Å². The number of Topliss-reactive ketones (excluding diaryl/α,β-unsaturated/α-hetero) is 2. The average Bonchev–Trinajstić information content (AvgIpc) is 3.30. The van der Waals surface area contributed by atoms with E-state index in [4.69, 9.17) is 34.8 Å². The highest BCUT2D eigenvalue weighted by atomic mass is 35.5. The first-order valence-corrected chi connectivity index (χ1v) is 14.7. The number of benzene rings is 2. The lowest BCUT2D eigenvalue weighted by Crippen LogP contribution is -2.45. The van der Waals surface area contributed by atoms with Crippen LogP contribution >= 0.6 is 34.8 Å². The molecule has 5 rings (SSSR count). The third-order valence-corrected chi connectivity index (χ3v) is 9.47. The summed E-state index contributed by atoms with van der Waals surface area (Å²) in [4.78, 5) is 42.5. The van der Waals surface area contributed by atoms with Crippen LogP contribution in [-0.4, -0.2) is 43.5 Å². The van der Waals surface area contributed by atoms with Crippen molar-refractivity contribution in [3.8, 4) is 0 Å². The Bertz CT molecular complexity index is 1590. The third-order valence-electron chi connectivity index (χ3n) is 6.83. The number of amides is 1. The van der Waals surface area contributed by atoms with Gasteiger partial charge in [0.05, 0.1) is 26.2 Å². The number of carbonyl (C=O) groups is 3. The van der Waals surface area contributed by atoms with Crippen molar-refractivity contribution in [2.75, 3.05) is 10.8 Å². The van der Waals surface area contributed by atoms with E-state index in [1.165, 1.54) is 30.5 Å². The molecule has 0 saturated carbocycles. The standard InChI is InChI=1S/C27H22Cl3N3O5S/c28-17-3-1-4-19(12-17)39(37,38)33-14-16(11-18-7-8-24(35)32-18)27(36)26-22(33)9-15(13-31-26)10-23(34)25-20(29)5-2-6-21(25)30/h1-6,9,12-13,16,18H,7-8,10-11,14H2,(H,32,35). The van der Waals surface area contributed by atoms with E-state index in [0.717, 1.165) is 4.31 Å². The van der Waals surface area contributed by atoms with Crippen molar-refractivity contribution in [2.24, 2.45) is 5.92 Å². The second kappa shape index (κ2) is 10.9. The molecule has 3 heterocycles. The fourth-order valence-electron chi connectivity index (χ4n) is 4.95. The summed E-state index contributed by atoms with van der Waals surface area (Å²) in [7, 11) is -4.17. The highest BCUT2D eigenvalue weighted by molar-refractivity contribution is 7.92. The summed E-state index contributed by atoms with van der Waals surface area (Å²) in [5.41, 5.74) is 0.586. The van der Waals surface area contributed by atoms with Gasteiger partial charge in [-0.25, -0.2) is 8.42 Å². The number of halogens is 3. The quantitative estimate of drug-likeness (QED) is 0.373. The normalized spacial score (nSPS) is 19.1. The maximum Gasteiger partial charge on any atom is 0.264 e. The second-order valence-electron chi connectivity index (χ2n) is 9.50. The van der Waals surface area contributed by atoms with Crippen LogP contribution in [0, 0.1) is 5.92 Å². The number of carbonyl (C=O) groups excluding carboxylic acids is 3. The van der Waals surface area contributed by atoms with Gasteiger partial charge >= 0.3 is 0 Å². The van der Waals surface area contributed by atoms with Crippen LogP contribution in [0.4, 0.5) is 5.69 Å². The van der Waals surface area contributed by atoms with Gasteiger partial charge in [-0.1, -0.05) is 46.9 Å². The lowest BCUT2D eigenvalue weighted by atomic mass is 9.89. The van der Waals surface area contributed by atoms with Crippen LogP contribution in [0.1, 0.15) is 45.7 Å². The summed E-state index contributed by atoms with van der Waals surface area (Å²) in [6, 6.07) is 11.8. The molecular formula is C27H22Cl3N3O5S. The molecule has 0 radical (unpaired) electrons. The van der Waals surface area contributed by atoms with E-state index in [1.54, 1.807) is 24.3 Å². The molecule has 1 N–H and O–H groups in total. The van der Waals surface area contributed by atoms with Gasteiger partial charge in [-0.05, 0) is 54.8 Å². The van der Waals surface area contributed by atoms with Crippen molar-refractivity contribution < 1.29 is 22.8 Å². The van der Waals surface area contributed by atoms with Gasteiger partial charge in [-0.3, -0.25) is 23.7 Å². The Kier molecular flexibility index (Phi) is 7.70. The molecule has 1 saturated heterocycles. The largest absolute Gasteiger partial charge is 0.353 e. The number of fused-ring (bicyclic) bond motifs is 1. The molecule has 1 aromatic heterocycles. The van der Waals surface area contributed by atoms with E-state index < -0.39 is 15.9 Å². The van der Waals surface area contributed by atoms with Crippen molar-refractivity contribution in [3.63, 3.8) is 0 Å². The van der Waals surface area contributed by atoms with Crippen LogP contribution in [0.3, 0.4) is 0 Å². The molecule has 39 heavy (non-hydrogen) atoms. The second-order valence-corrected chi connectivity index (χ2v) is 12.6. The number of aromatic nitrogens is 1. The monoisotopic (exact) mass is 605 g/mol. The number of hydrogen-bond acceptors (Lipinski definition) is 6. The van der Waals surface area contributed by atoms with Crippen LogP contribution in [-0.2, 0) is 21.2 Å². The highest BCUT2D eigenvalue weighted by Gasteiger charge is 2.41. The number of rotatable bonds is 7. The maximum absolute atomic E-state index is 13.8. The minimum Gasteiger partial charge on any atom is -0.353 e. The Hall–Kier alpha value is -2.98. The molecule has 0 bridgehead atoms. The highest BCUT2D eigenvalue weighted by Crippen LogP contribution is 2.37. The fourth-order valence-corrected chi connectivity index (χ4v) is 7.36. The molecule has 1 fully saturated rings. The van der Waals surface area contributed by atoms with E-state index in [0.29, 0.717) is 18.4 Å². The van der Waals surface area contributed by atoms with Gasteiger partial charge in [0.25, 0.3) is 10.0 Å². The molecule has 0 spiro atoms. The molecule has 2 aliphatic rings. The zero-order valence-electron chi connectivity index (χ0n) is 20.4. The maximum atomic E-state index is 13.8. The van der Waals surface area contributed by atoms with Crippen molar-refractivity contribution >= 4 is 68.0 Å². The molecule has 3 aromatic rings. The molecule has 2 unspecified atom stereocenters. The van der Waals surface area contributed by atoms with Crippen molar-refractivity contribution in [2.45, 2.75) is 36.6 Å². The van der Waals surface area contributed by atoms with Gasteiger partial charge in [0.2, 0.25) is 5.91 Å². The number of hydrogen-bond donors (Lipinski definition) is 1. The lowest BCUT2D eigenvalue weighted by molar-refractivity contribution is -0.119. The Morgan fingerprint density at radius 3 is 2.44 bits per heavy atom. The summed E-state index contributed by atoms with van der Waals surface area (Å²) < 4.78 is 28.8. The summed E-state index contributed by atoms with van der Waals surface area (Å²) in [5, 5.41) is 3.47. The topological polar surface area (TPSA) is 114 Å². The molecule has 12 heteroatoms. The Morgan fingerprint density at radius 2 is 1.77 bits per heavy atom. The van der Waals surface area contributed by atoms with Crippen LogP contribution < -0.4 is 9.62 Å². The SMILES string of the molecule is O=C1CCC(CC2CN(S(=O)(=O)c3cccc(Cl)c3)c3cc(CC(=O)c4c(Cl)cccc4Cl)cnc3C2=O)N1. The summed E-state index contributed by atoms with van der Waals surface area (Å²) in [6.07, 6.45) is 2.41. The van der Waals surface area contributed by atoms with Crippen LogP contribution in [0.25, 0.3) is 0 Å². The smallest absolute Gasteiger partial charge is 0.264 e. The zero-order chi connectivity index (χ0) is 27.9. The average molecular weight is 607 g/mol. The Balaban J connectivity index is 1.54. The molecular weight excluding hydrogens is 585 g/mol. The first-order chi connectivity index (χ1) is 18.5. The van der Waals surface area contributed by atoms with Gasteiger partial charge in [0.1, 0.15) is 5.69 Å². The molecule has 8 nitrogen and oxygen atoms in total. The van der Waals surface area contributed by atoms with Crippen molar-refractivity contribution in [1.82, 2.24) is 10.3 Å². The molecule has 0 aliphatic carbocycles. The molecule has 1 amide bonds. The number of nitrogens with one attached hydrogen (secondary N) is 1.